The number of nitrogens with zero attached hydrogens (tertiary/aromatic N) is 1. The number of nitriles is 1. The lowest BCUT2D eigenvalue weighted by Gasteiger charge is -2.09. The maximum atomic E-state index is 8.48. The van der Waals surface area contributed by atoms with E-state index in [2.05, 4.69) is 26.5 Å². The van der Waals surface area contributed by atoms with Crippen LogP contribution in [0.25, 0.3) is 0 Å². The summed E-state index contributed by atoms with van der Waals surface area (Å²) in [6.07, 6.45) is 5.30. The van der Waals surface area contributed by atoms with Crippen molar-refractivity contribution in [2.24, 2.45) is 5.92 Å². The number of rotatable bonds is 4. The van der Waals surface area contributed by atoms with Crippen molar-refractivity contribution in [1.29, 1.82) is 5.26 Å². The van der Waals surface area contributed by atoms with E-state index in [1.165, 1.54) is 5.57 Å². The molecule has 0 saturated carbocycles. The lowest BCUT2D eigenvalue weighted by Crippen LogP contribution is -1.96. The fraction of sp³-hybridized carbons (Fsp3) is 0.500. The standard InChI is InChI=1S/C10H15N/c1-4-6-10(7-8-11)9(3)5-2/h4,6,9H,1,5,7H2,2-3H3/b10-6+/t9-/m0/s1. The van der Waals surface area contributed by atoms with Crippen LogP contribution in [0.4, 0.5) is 0 Å². The van der Waals surface area contributed by atoms with E-state index >= 15 is 0 Å². The van der Waals surface area contributed by atoms with Crippen molar-refractivity contribution in [3.63, 3.8) is 0 Å². The van der Waals surface area contributed by atoms with E-state index in [1.807, 2.05) is 6.08 Å². The Labute approximate surface area is 69.0 Å². The first-order valence-corrected chi connectivity index (χ1v) is 3.94. The molecule has 0 amide bonds. The fourth-order valence-corrected chi connectivity index (χ4v) is 0.902. The van der Waals surface area contributed by atoms with Crippen LogP contribution >= 0.6 is 0 Å². The molecule has 0 unspecified atom stereocenters. The first kappa shape index (κ1) is 9.97. The molecule has 0 rings (SSSR count). The third-order valence-corrected chi connectivity index (χ3v) is 1.86. The van der Waals surface area contributed by atoms with E-state index in [0.717, 1.165) is 6.42 Å². The van der Waals surface area contributed by atoms with E-state index in [0.29, 0.717) is 12.3 Å². The van der Waals surface area contributed by atoms with Gasteiger partial charge in [0.25, 0.3) is 0 Å². The highest BCUT2D eigenvalue weighted by Crippen LogP contribution is 2.16. The molecule has 0 aromatic rings. The predicted octanol–water partition coefficient (Wildman–Crippen LogP) is 3.06. The Morgan fingerprint density at radius 2 is 2.36 bits per heavy atom. The Hall–Kier alpha value is -1.03. The van der Waals surface area contributed by atoms with Gasteiger partial charge in [-0.1, -0.05) is 38.2 Å². The zero-order chi connectivity index (χ0) is 8.69. The zero-order valence-corrected chi connectivity index (χ0v) is 7.30. The molecule has 0 N–H and O–H groups in total. The van der Waals surface area contributed by atoms with Gasteiger partial charge in [-0.3, -0.25) is 0 Å². The summed E-state index contributed by atoms with van der Waals surface area (Å²) < 4.78 is 0. The average Bonchev–Trinajstić information content (AvgIpc) is 2.03. The molecule has 60 valence electrons. The van der Waals surface area contributed by atoms with E-state index in [1.54, 1.807) is 6.08 Å². The molecule has 0 aliphatic heterocycles. The first-order valence-electron chi connectivity index (χ1n) is 3.94. The van der Waals surface area contributed by atoms with Gasteiger partial charge in [-0.05, 0) is 12.3 Å². The molecule has 1 heteroatoms. The molecular weight excluding hydrogens is 134 g/mol. The van der Waals surface area contributed by atoms with E-state index in [9.17, 15) is 0 Å². The summed E-state index contributed by atoms with van der Waals surface area (Å²) in [7, 11) is 0. The highest BCUT2D eigenvalue weighted by atomic mass is 14.2. The van der Waals surface area contributed by atoms with Gasteiger partial charge in [-0.15, -0.1) is 0 Å². The van der Waals surface area contributed by atoms with Crippen molar-refractivity contribution < 1.29 is 0 Å². The largest absolute Gasteiger partial charge is 0.198 e. The normalized spacial score (nSPS) is 13.7. The lowest BCUT2D eigenvalue weighted by molar-refractivity contribution is 0.644. The molecule has 0 fully saturated rings. The average molecular weight is 149 g/mol. The van der Waals surface area contributed by atoms with Gasteiger partial charge in [0, 0.05) is 0 Å². The van der Waals surface area contributed by atoms with Crippen molar-refractivity contribution >= 4 is 0 Å². The third kappa shape index (κ3) is 3.62. The smallest absolute Gasteiger partial charge is 0.0666 e. The zero-order valence-electron chi connectivity index (χ0n) is 7.30. The molecule has 0 bridgehead atoms. The lowest BCUT2D eigenvalue weighted by atomic mass is 9.96. The minimum atomic E-state index is 0.507. The molecule has 11 heavy (non-hydrogen) atoms. The van der Waals surface area contributed by atoms with Crippen LogP contribution in [0, 0.1) is 17.2 Å². The van der Waals surface area contributed by atoms with Crippen LogP contribution < -0.4 is 0 Å². The Bertz CT molecular complexity index is 184. The Balaban J connectivity index is 4.22. The molecule has 1 atom stereocenters. The van der Waals surface area contributed by atoms with Crippen LogP contribution in [-0.4, -0.2) is 0 Å². The van der Waals surface area contributed by atoms with Crippen LogP contribution in [0.1, 0.15) is 26.7 Å². The molecule has 0 radical (unpaired) electrons. The molecule has 0 spiro atoms. The van der Waals surface area contributed by atoms with Gasteiger partial charge in [0.1, 0.15) is 0 Å². The maximum Gasteiger partial charge on any atom is 0.0666 e. The molecule has 0 heterocycles. The summed E-state index contributed by atoms with van der Waals surface area (Å²) in [5.74, 6) is 0.507. The summed E-state index contributed by atoms with van der Waals surface area (Å²) in [5, 5.41) is 8.48. The third-order valence-electron chi connectivity index (χ3n) is 1.86. The minimum Gasteiger partial charge on any atom is -0.198 e. The number of hydrogen-bond acceptors (Lipinski definition) is 1. The first-order chi connectivity index (χ1) is 5.26. The molecule has 0 aliphatic carbocycles. The number of allylic oxidation sites excluding steroid dienone is 3. The van der Waals surface area contributed by atoms with Gasteiger partial charge in [-0.2, -0.15) is 5.26 Å². The van der Waals surface area contributed by atoms with Gasteiger partial charge in [0.05, 0.1) is 12.5 Å². The van der Waals surface area contributed by atoms with Crippen LogP contribution in [0.2, 0.25) is 0 Å². The highest BCUT2D eigenvalue weighted by Gasteiger charge is 2.03. The summed E-state index contributed by atoms with van der Waals surface area (Å²) in [5.41, 5.74) is 1.19. The van der Waals surface area contributed by atoms with Gasteiger partial charge >= 0.3 is 0 Å². The Morgan fingerprint density at radius 1 is 1.73 bits per heavy atom. The maximum absolute atomic E-state index is 8.48. The van der Waals surface area contributed by atoms with Crippen molar-refractivity contribution in [2.75, 3.05) is 0 Å². The van der Waals surface area contributed by atoms with Crippen molar-refractivity contribution in [3.05, 3.63) is 24.3 Å². The van der Waals surface area contributed by atoms with Gasteiger partial charge in [0.15, 0.2) is 0 Å². The van der Waals surface area contributed by atoms with Crippen molar-refractivity contribution in [1.82, 2.24) is 0 Å². The molecular formula is C10H15N. The Morgan fingerprint density at radius 3 is 2.73 bits per heavy atom. The SMILES string of the molecule is C=C/C=C(\CC#N)[C@@H](C)CC. The van der Waals surface area contributed by atoms with E-state index < -0.39 is 0 Å². The molecule has 0 aromatic carbocycles. The molecule has 0 aromatic heterocycles. The van der Waals surface area contributed by atoms with Crippen molar-refractivity contribution in [2.45, 2.75) is 26.7 Å². The summed E-state index contributed by atoms with van der Waals surface area (Å²) in [4.78, 5) is 0. The summed E-state index contributed by atoms with van der Waals surface area (Å²) in [6, 6.07) is 2.15. The van der Waals surface area contributed by atoms with Crippen LogP contribution in [0.15, 0.2) is 24.3 Å². The topological polar surface area (TPSA) is 23.8 Å². The minimum absolute atomic E-state index is 0.507. The summed E-state index contributed by atoms with van der Waals surface area (Å²) >= 11 is 0. The highest BCUT2D eigenvalue weighted by molar-refractivity contribution is 5.16. The Kier molecular flexibility index (Phi) is 5.20. The van der Waals surface area contributed by atoms with E-state index in [-0.39, 0.29) is 0 Å². The predicted molar refractivity (Wildman–Crippen MR) is 48.0 cm³/mol. The second-order valence-corrected chi connectivity index (χ2v) is 2.62. The summed E-state index contributed by atoms with van der Waals surface area (Å²) in [6.45, 7) is 7.87. The molecule has 1 nitrogen and oxygen atoms in total. The van der Waals surface area contributed by atoms with Gasteiger partial charge < -0.3 is 0 Å². The second-order valence-electron chi connectivity index (χ2n) is 2.62. The second kappa shape index (κ2) is 5.73. The van der Waals surface area contributed by atoms with Crippen LogP contribution in [0.5, 0.6) is 0 Å². The van der Waals surface area contributed by atoms with Crippen LogP contribution in [-0.2, 0) is 0 Å². The van der Waals surface area contributed by atoms with Crippen LogP contribution in [0.3, 0.4) is 0 Å². The van der Waals surface area contributed by atoms with Gasteiger partial charge in [-0.25, -0.2) is 0 Å². The quantitative estimate of drug-likeness (QED) is 0.563. The monoisotopic (exact) mass is 149 g/mol. The molecule has 0 saturated heterocycles. The van der Waals surface area contributed by atoms with E-state index in [4.69, 9.17) is 5.26 Å². The fourth-order valence-electron chi connectivity index (χ4n) is 0.902. The molecule has 0 aliphatic rings. The van der Waals surface area contributed by atoms with Gasteiger partial charge in [0.2, 0.25) is 0 Å². The van der Waals surface area contributed by atoms with Crippen molar-refractivity contribution in [3.8, 4) is 6.07 Å². The number of hydrogen-bond donors (Lipinski definition) is 0.